The van der Waals surface area contributed by atoms with E-state index < -0.39 is 0 Å². The van der Waals surface area contributed by atoms with Crippen LogP contribution in [0.3, 0.4) is 0 Å². The molecule has 19 heavy (non-hydrogen) atoms. The number of piperidine rings is 1. The van der Waals surface area contributed by atoms with Crippen molar-refractivity contribution >= 4 is 5.91 Å². The summed E-state index contributed by atoms with van der Waals surface area (Å²) in [6.45, 7) is 5.70. The summed E-state index contributed by atoms with van der Waals surface area (Å²) < 4.78 is 1.69. The minimum atomic E-state index is -0.0227. The molecule has 1 amide bonds. The molecule has 1 aromatic rings. The molecule has 1 N–H and O–H groups in total. The lowest BCUT2D eigenvalue weighted by Gasteiger charge is -2.33. The fourth-order valence-corrected chi connectivity index (χ4v) is 2.45. The SMILES string of the molecule is CC(C)NC1CCCN(CCc2ncn(C)n2)C1=O. The van der Waals surface area contributed by atoms with E-state index in [1.54, 1.807) is 11.0 Å². The second-order valence-corrected chi connectivity index (χ2v) is 5.43. The Labute approximate surface area is 114 Å². The van der Waals surface area contributed by atoms with Gasteiger partial charge in [-0.25, -0.2) is 4.98 Å². The quantitative estimate of drug-likeness (QED) is 0.834. The van der Waals surface area contributed by atoms with Crippen LogP contribution >= 0.6 is 0 Å². The van der Waals surface area contributed by atoms with E-state index in [9.17, 15) is 4.79 Å². The Morgan fingerprint density at radius 2 is 2.32 bits per heavy atom. The summed E-state index contributed by atoms with van der Waals surface area (Å²) in [5, 5.41) is 7.58. The van der Waals surface area contributed by atoms with Gasteiger partial charge in [0.1, 0.15) is 6.33 Å². The highest BCUT2D eigenvalue weighted by Crippen LogP contribution is 2.12. The van der Waals surface area contributed by atoms with Gasteiger partial charge >= 0.3 is 0 Å². The molecule has 6 nitrogen and oxygen atoms in total. The smallest absolute Gasteiger partial charge is 0.239 e. The van der Waals surface area contributed by atoms with Gasteiger partial charge in [-0.1, -0.05) is 13.8 Å². The number of rotatable bonds is 5. The zero-order chi connectivity index (χ0) is 13.8. The van der Waals surface area contributed by atoms with E-state index in [4.69, 9.17) is 0 Å². The maximum Gasteiger partial charge on any atom is 0.239 e. The molecule has 1 unspecified atom stereocenters. The fraction of sp³-hybridized carbons (Fsp3) is 0.769. The van der Waals surface area contributed by atoms with E-state index >= 15 is 0 Å². The van der Waals surface area contributed by atoms with Crippen molar-refractivity contribution in [1.82, 2.24) is 25.0 Å². The molecular weight excluding hydrogens is 242 g/mol. The van der Waals surface area contributed by atoms with Gasteiger partial charge in [0.15, 0.2) is 5.82 Å². The number of nitrogens with one attached hydrogen (secondary N) is 1. The number of hydrogen-bond acceptors (Lipinski definition) is 4. The summed E-state index contributed by atoms with van der Waals surface area (Å²) in [7, 11) is 1.85. The van der Waals surface area contributed by atoms with Crippen LogP contribution in [-0.2, 0) is 18.3 Å². The third kappa shape index (κ3) is 3.76. The predicted molar refractivity (Wildman–Crippen MR) is 72.6 cm³/mol. The molecule has 1 atom stereocenters. The van der Waals surface area contributed by atoms with Crippen molar-refractivity contribution in [2.45, 2.75) is 45.2 Å². The Hall–Kier alpha value is -1.43. The van der Waals surface area contributed by atoms with Crippen molar-refractivity contribution in [3.8, 4) is 0 Å². The topological polar surface area (TPSA) is 63.1 Å². The minimum Gasteiger partial charge on any atom is -0.341 e. The second-order valence-electron chi connectivity index (χ2n) is 5.43. The molecule has 0 aromatic carbocycles. The van der Waals surface area contributed by atoms with Crippen molar-refractivity contribution in [1.29, 1.82) is 0 Å². The minimum absolute atomic E-state index is 0.0227. The van der Waals surface area contributed by atoms with Crippen LogP contribution in [0.25, 0.3) is 0 Å². The zero-order valence-corrected chi connectivity index (χ0v) is 12.0. The number of aromatic nitrogens is 3. The summed E-state index contributed by atoms with van der Waals surface area (Å²) in [5.41, 5.74) is 0. The lowest BCUT2D eigenvalue weighted by molar-refractivity contribution is -0.136. The highest BCUT2D eigenvalue weighted by Gasteiger charge is 2.28. The van der Waals surface area contributed by atoms with Crippen LogP contribution in [0.2, 0.25) is 0 Å². The van der Waals surface area contributed by atoms with Gasteiger partial charge in [-0.05, 0) is 12.8 Å². The normalized spacial score (nSPS) is 20.3. The summed E-state index contributed by atoms with van der Waals surface area (Å²) in [6.07, 6.45) is 4.42. The van der Waals surface area contributed by atoms with Gasteiger partial charge in [0.25, 0.3) is 0 Å². The fourth-order valence-electron chi connectivity index (χ4n) is 2.45. The van der Waals surface area contributed by atoms with Crippen LogP contribution in [0.15, 0.2) is 6.33 Å². The Morgan fingerprint density at radius 3 is 2.95 bits per heavy atom. The maximum absolute atomic E-state index is 12.3. The van der Waals surface area contributed by atoms with Crippen LogP contribution in [0.4, 0.5) is 0 Å². The molecule has 0 bridgehead atoms. The molecule has 0 spiro atoms. The molecule has 1 saturated heterocycles. The highest BCUT2D eigenvalue weighted by atomic mass is 16.2. The molecule has 0 radical (unpaired) electrons. The molecule has 1 aliphatic heterocycles. The molecule has 1 fully saturated rings. The van der Waals surface area contributed by atoms with Crippen LogP contribution in [0.1, 0.15) is 32.5 Å². The Morgan fingerprint density at radius 1 is 1.53 bits per heavy atom. The molecular formula is C13H23N5O. The average Bonchev–Trinajstić information content (AvgIpc) is 2.76. The van der Waals surface area contributed by atoms with Crippen molar-refractivity contribution in [3.63, 3.8) is 0 Å². The first-order valence-electron chi connectivity index (χ1n) is 6.95. The van der Waals surface area contributed by atoms with Gasteiger partial charge in [0, 0.05) is 32.6 Å². The van der Waals surface area contributed by atoms with Crippen LogP contribution in [-0.4, -0.2) is 50.7 Å². The van der Waals surface area contributed by atoms with Gasteiger partial charge in [-0.3, -0.25) is 9.48 Å². The summed E-state index contributed by atoms with van der Waals surface area (Å²) in [6, 6.07) is 0.316. The van der Waals surface area contributed by atoms with Gasteiger partial charge in [0.2, 0.25) is 5.91 Å². The summed E-state index contributed by atoms with van der Waals surface area (Å²) >= 11 is 0. The number of aryl methyl sites for hydroxylation is 1. The molecule has 2 heterocycles. The second kappa shape index (κ2) is 6.14. The summed E-state index contributed by atoms with van der Waals surface area (Å²) in [5.74, 6) is 1.02. The Bertz CT molecular complexity index is 428. The molecule has 6 heteroatoms. The van der Waals surface area contributed by atoms with E-state index in [0.29, 0.717) is 12.6 Å². The van der Waals surface area contributed by atoms with Crippen LogP contribution < -0.4 is 5.32 Å². The van der Waals surface area contributed by atoms with Crippen molar-refractivity contribution in [3.05, 3.63) is 12.2 Å². The first kappa shape index (κ1) is 14.0. The highest BCUT2D eigenvalue weighted by molar-refractivity contribution is 5.82. The van der Waals surface area contributed by atoms with Gasteiger partial charge in [-0.2, -0.15) is 5.10 Å². The third-order valence-corrected chi connectivity index (χ3v) is 3.32. The van der Waals surface area contributed by atoms with Crippen molar-refractivity contribution < 1.29 is 4.79 Å². The molecule has 1 aromatic heterocycles. The number of amides is 1. The first-order chi connectivity index (χ1) is 9.06. The number of likely N-dealkylation sites (tertiary alicyclic amines) is 1. The monoisotopic (exact) mass is 265 g/mol. The standard InChI is InChI=1S/C13H23N5O/c1-10(2)15-11-5-4-7-18(13(11)19)8-6-12-14-9-17(3)16-12/h9-11,15H,4-8H2,1-3H3. The Balaban J connectivity index is 1.87. The van der Waals surface area contributed by atoms with E-state index in [0.717, 1.165) is 31.6 Å². The van der Waals surface area contributed by atoms with Crippen LogP contribution in [0, 0.1) is 0 Å². The largest absolute Gasteiger partial charge is 0.341 e. The average molecular weight is 265 g/mol. The number of carbonyl (C=O) groups excluding carboxylic acids is 1. The predicted octanol–water partition coefficient (Wildman–Crippen LogP) is 0.347. The number of nitrogens with zero attached hydrogens (tertiary/aromatic N) is 4. The Kier molecular flexibility index (Phi) is 4.52. The van der Waals surface area contributed by atoms with E-state index in [1.807, 2.05) is 11.9 Å². The molecule has 0 saturated carbocycles. The van der Waals surface area contributed by atoms with Crippen molar-refractivity contribution in [2.75, 3.05) is 13.1 Å². The molecule has 1 aliphatic rings. The van der Waals surface area contributed by atoms with E-state index in [2.05, 4.69) is 29.2 Å². The van der Waals surface area contributed by atoms with E-state index in [1.165, 1.54) is 0 Å². The lowest BCUT2D eigenvalue weighted by atomic mass is 10.0. The molecule has 2 rings (SSSR count). The van der Waals surface area contributed by atoms with Gasteiger partial charge < -0.3 is 10.2 Å². The molecule has 0 aliphatic carbocycles. The maximum atomic E-state index is 12.3. The van der Waals surface area contributed by atoms with Crippen molar-refractivity contribution in [2.24, 2.45) is 7.05 Å². The van der Waals surface area contributed by atoms with E-state index in [-0.39, 0.29) is 11.9 Å². The zero-order valence-electron chi connectivity index (χ0n) is 12.0. The molecule has 106 valence electrons. The first-order valence-corrected chi connectivity index (χ1v) is 6.95. The number of hydrogen-bond donors (Lipinski definition) is 1. The summed E-state index contributed by atoms with van der Waals surface area (Å²) in [4.78, 5) is 18.4. The van der Waals surface area contributed by atoms with Crippen LogP contribution in [0.5, 0.6) is 0 Å². The lowest BCUT2D eigenvalue weighted by Crippen LogP contribution is -2.52. The van der Waals surface area contributed by atoms with Gasteiger partial charge in [0.05, 0.1) is 6.04 Å². The third-order valence-electron chi connectivity index (χ3n) is 3.32. The number of carbonyl (C=O) groups is 1. The van der Waals surface area contributed by atoms with Gasteiger partial charge in [-0.15, -0.1) is 0 Å².